The highest BCUT2D eigenvalue weighted by molar-refractivity contribution is 9.10. The van der Waals surface area contributed by atoms with Crippen LogP contribution in [-0.2, 0) is 4.79 Å². The summed E-state index contributed by atoms with van der Waals surface area (Å²) in [7, 11) is 0. The number of halogens is 1. The van der Waals surface area contributed by atoms with Gasteiger partial charge in [0.1, 0.15) is 6.04 Å². The monoisotopic (exact) mass is 328 g/mol. The van der Waals surface area contributed by atoms with Crippen LogP contribution in [0.2, 0.25) is 0 Å². The van der Waals surface area contributed by atoms with Gasteiger partial charge < -0.3 is 16.2 Å². The molecule has 1 amide bonds. The van der Waals surface area contributed by atoms with Gasteiger partial charge in [0.05, 0.1) is 0 Å². The van der Waals surface area contributed by atoms with Crippen LogP contribution in [0.3, 0.4) is 0 Å². The molecular formula is C13H17BrN2O3. The summed E-state index contributed by atoms with van der Waals surface area (Å²) in [5.74, 6) is -1.52. The number of carbonyl (C=O) groups is 2. The lowest BCUT2D eigenvalue weighted by Gasteiger charge is -2.27. The second-order valence-electron chi connectivity index (χ2n) is 5.35. The van der Waals surface area contributed by atoms with Crippen LogP contribution in [0.1, 0.15) is 31.1 Å². The fourth-order valence-corrected chi connectivity index (χ4v) is 1.79. The molecule has 0 radical (unpaired) electrons. The molecule has 4 N–H and O–H groups in total. The fraction of sp³-hybridized carbons (Fsp3) is 0.385. The van der Waals surface area contributed by atoms with Crippen LogP contribution in [0.15, 0.2) is 22.7 Å². The van der Waals surface area contributed by atoms with E-state index < -0.39 is 23.3 Å². The number of carbonyl (C=O) groups excluding carboxylic acids is 1. The van der Waals surface area contributed by atoms with Gasteiger partial charge in [0.2, 0.25) is 0 Å². The molecule has 1 aromatic carbocycles. The van der Waals surface area contributed by atoms with Crippen molar-refractivity contribution in [2.24, 2.45) is 5.41 Å². The van der Waals surface area contributed by atoms with Crippen molar-refractivity contribution >= 4 is 33.5 Å². The minimum absolute atomic E-state index is 0.330. The van der Waals surface area contributed by atoms with E-state index in [1.54, 1.807) is 32.9 Å². The predicted molar refractivity (Wildman–Crippen MR) is 76.9 cm³/mol. The molecule has 0 aromatic heterocycles. The first-order valence-corrected chi connectivity index (χ1v) is 6.51. The van der Waals surface area contributed by atoms with E-state index in [2.05, 4.69) is 21.2 Å². The van der Waals surface area contributed by atoms with Gasteiger partial charge in [0.15, 0.2) is 0 Å². The maximum atomic E-state index is 12.0. The van der Waals surface area contributed by atoms with Crippen molar-refractivity contribution in [3.63, 3.8) is 0 Å². The number of nitrogens with one attached hydrogen (secondary N) is 1. The van der Waals surface area contributed by atoms with Crippen molar-refractivity contribution in [2.45, 2.75) is 26.8 Å². The highest BCUT2D eigenvalue weighted by atomic mass is 79.9. The fourth-order valence-electron chi connectivity index (χ4n) is 1.55. The van der Waals surface area contributed by atoms with Crippen LogP contribution in [-0.4, -0.2) is 23.0 Å². The molecule has 0 fully saturated rings. The molecule has 0 aliphatic carbocycles. The van der Waals surface area contributed by atoms with Gasteiger partial charge >= 0.3 is 5.97 Å². The van der Waals surface area contributed by atoms with Gasteiger partial charge in [-0.3, -0.25) is 4.79 Å². The molecule has 0 bridgehead atoms. The number of hydrogen-bond donors (Lipinski definition) is 3. The molecule has 5 nitrogen and oxygen atoms in total. The van der Waals surface area contributed by atoms with Crippen molar-refractivity contribution in [1.82, 2.24) is 5.32 Å². The molecule has 0 spiro atoms. The Bertz CT molecular complexity index is 509. The van der Waals surface area contributed by atoms with E-state index >= 15 is 0 Å². The number of rotatable bonds is 3. The molecule has 1 rings (SSSR count). The average Bonchev–Trinajstić information content (AvgIpc) is 2.27. The first kappa shape index (κ1) is 15.5. The Kier molecular flexibility index (Phi) is 4.57. The van der Waals surface area contributed by atoms with Crippen molar-refractivity contribution in [3.8, 4) is 0 Å². The molecule has 0 aliphatic heterocycles. The molecule has 6 heteroatoms. The molecule has 104 valence electrons. The van der Waals surface area contributed by atoms with Crippen LogP contribution in [0, 0.1) is 5.41 Å². The zero-order valence-electron chi connectivity index (χ0n) is 11.0. The minimum atomic E-state index is -1.06. The zero-order chi connectivity index (χ0) is 14.8. The quantitative estimate of drug-likeness (QED) is 0.742. The van der Waals surface area contributed by atoms with Gasteiger partial charge in [0, 0.05) is 15.7 Å². The lowest BCUT2D eigenvalue weighted by molar-refractivity contribution is -0.142. The van der Waals surface area contributed by atoms with Crippen LogP contribution in [0.4, 0.5) is 5.69 Å². The van der Waals surface area contributed by atoms with E-state index in [0.717, 1.165) is 0 Å². The predicted octanol–water partition coefficient (Wildman–Crippen LogP) is 2.26. The van der Waals surface area contributed by atoms with Gasteiger partial charge in [-0.05, 0) is 39.5 Å². The Hall–Kier alpha value is -1.56. The number of hydrogen-bond acceptors (Lipinski definition) is 3. The number of carboxylic acids is 1. The van der Waals surface area contributed by atoms with Crippen LogP contribution >= 0.6 is 15.9 Å². The molecule has 0 saturated carbocycles. The Morgan fingerprint density at radius 1 is 1.37 bits per heavy atom. The summed E-state index contributed by atoms with van der Waals surface area (Å²) in [6.07, 6.45) is 0. The molecule has 0 aliphatic rings. The number of nitrogens with two attached hydrogens (primary N) is 1. The summed E-state index contributed by atoms with van der Waals surface area (Å²) in [5.41, 5.74) is 5.87. The van der Waals surface area contributed by atoms with E-state index in [-0.39, 0.29) is 0 Å². The summed E-state index contributed by atoms with van der Waals surface area (Å²) >= 11 is 3.23. The highest BCUT2D eigenvalue weighted by Gasteiger charge is 2.32. The van der Waals surface area contributed by atoms with E-state index in [0.29, 0.717) is 15.7 Å². The maximum Gasteiger partial charge on any atom is 0.326 e. The molecular weight excluding hydrogens is 312 g/mol. The SMILES string of the molecule is CC(C)(C)[C@H](NC(=O)c1ccc(Br)c(N)c1)C(=O)O. The van der Waals surface area contributed by atoms with Gasteiger partial charge in [-0.15, -0.1) is 0 Å². The van der Waals surface area contributed by atoms with Crippen molar-refractivity contribution in [1.29, 1.82) is 0 Å². The highest BCUT2D eigenvalue weighted by Crippen LogP contribution is 2.22. The Morgan fingerprint density at radius 2 is 1.95 bits per heavy atom. The Balaban J connectivity index is 2.94. The third-order valence-electron chi connectivity index (χ3n) is 2.65. The molecule has 0 heterocycles. The zero-order valence-corrected chi connectivity index (χ0v) is 12.6. The second kappa shape index (κ2) is 5.61. The number of aliphatic carboxylic acids is 1. The smallest absolute Gasteiger partial charge is 0.326 e. The Morgan fingerprint density at radius 3 is 2.37 bits per heavy atom. The first-order valence-electron chi connectivity index (χ1n) is 5.71. The number of anilines is 1. The second-order valence-corrected chi connectivity index (χ2v) is 6.20. The van der Waals surface area contributed by atoms with Gasteiger partial charge in [-0.2, -0.15) is 0 Å². The summed E-state index contributed by atoms with van der Waals surface area (Å²) in [6.45, 7) is 5.26. The third-order valence-corrected chi connectivity index (χ3v) is 3.37. The lowest BCUT2D eigenvalue weighted by Crippen LogP contribution is -2.49. The summed E-state index contributed by atoms with van der Waals surface area (Å²) in [6, 6.07) is 3.76. The van der Waals surface area contributed by atoms with E-state index in [1.807, 2.05) is 0 Å². The van der Waals surface area contributed by atoms with Crippen LogP contribution < -0.4 is 11.1 Å². The minimum Gasteiger partial charge on any atom is -0.480 e. The van der Waals surface area contributed by atoms with Crippen LogP contribution in [0.25, 0.3) is 0 Å². The topological polar surface area (TPSA) is 92.4 Å². The van der Waals surface area contributed by atoms with Gasteiger partial charge in [-0.25, -0.2) is 4.79 Å². The van der Waals surface area contributed by atoms with E-state index in [9.17, 15) is 9.59 Å². The average molecular weight is 329 g/mol. The van der Waals surface area contributed by atoms with Crippen molar-refractivity contribution in [2.75, 3.05) is 5.73 Å². The summed E-state index contributed by atoms with van der Waals surface area (Å²) in [4.78, 5) is 23.2. The van der Waals surface area contributed by atoms with E-state index in [4.69, 9.17) is 10.8 Å². The molecule has 0 unspecified atom stereocenters. The normalized spacial score (nSPS) is 12.8. The summed E-state index contributed by atoms with van der Waals surface area (Å²) < 4.78 is 0.689. The third kappa shape index (κ3) is 3.96. The molecule has 1 atom stereocenters. The lowest BCUT2D eigenvalue weighted by atomic mass is 9.86. The van der Waals surface area contributed by atoms with E-state index in [1.165, 1.54) is 6.07 Å². The van der Waals surface area contributed by atoms with Gasteiger partial charge in [0.25, 0.3) is 5.91 Å². The number of benzene rings is 1. The van der Waals surface area contributed by atoms with Crippen molar-refractivity contribution in [3.05, 3.63) is 28.2 Å². The first-order chi connectivity index (χ1) is 8.62. The van der Waals surface area contributed by atoms with Crippen molar-refractivity contribution < 1.29 is 14.7 Å². The number of nitrogen functional groups attached to an aromatic ring is 1. The van der Waals surface area contributed by atoms with Gasteiger partial charge in [-0.1, -0.05) is 20.8 Å². The Labute approximate surface area is 120 Å². The summed E-state index contributed by atoms with van der Waals surface area (Å²) in [5, 5.41) is 11.7. The standard InChI is InChI=1S/C13H17BrN2O3/c1-13(2,3)10(12(18)19)16-11(17)7-4-5-8(14)9(15)6-7/h4-6,10H,15H2,1-3H3,(H,16,17)(H,18,19)/t10-/m1/s1. The molecule has 0 saturated heterocycles. The number of carboxylic acid groups (broad SMARTS) is 1. The maximum absolute atomic E-state index is 12.0. The molecule has 1 aromatic rings. The van der Waals surface area contributed by atoms with Crippen LogP contribution in [0.5, 0.6) is 0 Å². The molecule has 19 heavy (non-hydrogen) atoms. The number of amides is 1. The largest absolute Gasteiger partial charge is 0.480 e.